The molecule has 0 saturated heterocycles. The molecule has 7 heteroatoms. The molecule has 6 nitrogen and oxygen atoms in total. The van der Waals surface area contributed by atoms with Crippen LogP contribution in [-0.2, 0) is 16.8 Å². The van der Waals surface area contributed by atoms with Gasteiger partial charge in [0.15, 0.2) is 0 Å². The summed E-state index contributed by atoms with van der Waals surface area (Å²) in [5.74, 6) is 0.729. The highest BCUT2D eigenvalue weighted by atomic mass is 32.3. The highest BCUT2D eigenvalue weighted by Gasteiger charge is 2.12. The zero-order valence-electron chi connectivity index (χ0n) is 14.1. The van der Waals surface area contributed by atoms with Crippen LogP contribution < -0.4 is 14.2 Å². The molecule has 0 aliphatic rings. The molecular weight excluding hydrogens is 342 g/mol. The van der Waals surface area contributed by atoms with E-state index in [1.807, 2.05) is 37.4 Å². The Morgan fingerprint density at radius 3 is 2.52 bits per heavy atom. The minimum absolute atomic E-state index is 0.0518. The summed E-state index contributed by atoms with van der Waals surface area (Å²) in [5, 5.41) is 3.09. The van der Waals surface area contributed by atoms with Gasteiger partial charge in [0.25, 0.3) is 0 Å². The molecule has 0 aromatic heterocycles. The van der Waals surface area contributed by atoms with Gasteiger partial charge in [0.1, 0.15) is 11.5 Å². The fourth-order valence-electron chi connectivity index (χ4n) is 2.41. The molecule has 0 bridgehead atoms. The third-order valence-electron chi connectivity index (χ3n) is 3.55. The summed E-state index contributed by atoms with van der Waals surface area (Å²) in [4.78, 5) is 0. The lowest BCUT2D eigenvalue weighted by molar-refractivity contribution is 0.303. The molecule has 0 aliphatic carbocycles. The van der Waals surface area contributed by atoms with E-state index in [4.69, 9.17) is 9.29 Å². The maximum Gasteiger partial charge on any atom is 0.446 e. The zero-order valence-corrected chi connectivity index (χ0v) is 15.0. The Labute approximate surface area is 148 Å². The number of benzene rings is 2. The number of hydrogen-bond acceptors (Lipinski definition) is 5. The minimum atomic E-state index is -4.55. The molecule has 0 spiro atoms. The van der Waals surface area contributed by atoms with Crippen LogP contribution >= 0.6 is 0 Å². The van der Waals surface area contributed by atoms with Crippen LogP contribution in [0.4, 0.5) is 0 Å². The highest BCUT2D eigenvalue weighted by molar-refractivity contribution is 7.81. The molecular formula is C18H23NO5S. The first-order valence-corrected chi connectivity index (χ1v) is 9.45. The predicted molar refractivity (Wildman–Crippen MR) is 96.5 cm³/mol. The summed E-state index contributed by atoms with van der Waals surface area (Å²) in [6.07, 6.45) is 2.48. The number of unbranched alkanes of at least 4 members (excludes halogenated alkanes) is 1. The van der Waals surface area contributed by atoms with Crippen molar-refractivity contribution >= 4 is 10.4 Å². The lowest BCUT2D eigenvalue weighted by Gasteiger charge is -2.13. The maximum absolute atomic E-state index is 10.9. The van der Waals surface area contributed by atoms with Gasteiger partial charge in [-0.25, -0.2) is 0 Å². The van der Waals surface area contributed by atoms with Gasteiger partial charge in [0.2, 0.25) is 0 Å². The van der Waals surface area contributed by atoms with E-state index in [2.05, 4.69) is 9.50 Å². The van der Waals surface area contributed by atoms with Gasteiger partial charge in [0, 0.05) is 12.0 Å². The highest BCUT2D eigenvalue weighted by Crippen LogP contribution is 2.27. The molecule has 2 aromatic carbocycles. The van der Waals surface area contributed by atoms with Gasteiger partial charge >= 0.3 is 10.4 Å². The van der Waals surface area contributed by atoms with E-state index in [1.165, 1.54) is 6.07 Å². The Balaban J connectivity index is 2.15. The number of rotatable bonds is 10. The van der Waals surface area contributed by atoms with Crippen LogP contribution in [0.3, 0.4) is 0 Å². The first kappa shape index (κ1) is 19.2. The second kappa shape index (κ2) is 9.41. The summed E-state index contributed by atoms with van der Waals surface area (Å²) in [6, 6.07) is 14.5. The summed E-state index contributed by atoms with van der Waals surface area (Å²) in [5.41, 5.74) is 1.85. The molecule has 2 aromatic rings. The largest absolute Gasteiger partial charge is 0.493 e. The molecule has 2 N–H and O–H groups in total. The SMILES string of the molecule is CNCCCCOc1ccc(OS(=O)(=O)O)cc1Cc1ccccc1. The number of nitrogens with one attached hydrogen (secondary N) is 1. The zero-order chi connectivity index (χ0) is 18.1. The third-order valence-corrected chi connectivity index (χ3v) is 3.95. The van der Waals surface area contributed by atoms with E-state index in [0.29, 0.717) is 18.8 Å². The molecule has 136 valence electrons. The van der Waals surface area contributed by atoms with Crippen molar-refractivity contribution in [1.29, 1.82) is 0 Å². The standard InChI is InChI=1S/C18H23NO5S/c1-19-11-5-6-12-23-18-10-9-17(24-25(20,21)22)14-16(18)13-15-7-3-2-4-8-15/h2-4,7-10,14,19H,5-6,11-13H2,1H3,(H,20,21,22). The first-order valence-electron chi connectivity index (χ1n) is 8.09. The van der Waals surface area contributed by atoms with E-state index in [-0.39, 0.29) is 5.75 Å². The number of ether oxygens (including phenoxy) is 1. The van der Waals surface area contributed by atoms with Gasteiger partial charge < -0.3 is 14.2 Å². The molecule has 0 aliphatic heterocycles. The topological polar surface area (TPSA) is 84.9 Å². The monoisotopic (exact) mass is 365 g/mol. The van der Waals surface area contributed by atoms with Crippen LogP contribution in [0.25, 0.3) is 0 Å². The summed E-state index contributed by atoms with van der Waals surface area (Å²) >= 11 is 0. The van der Waals surface area contributed by atoms with Crippen molar-refractivity contribution in [2.24, 2.45) is 0 Å². The van der Waals surface area contributed by atoms with Gasteiger partial charge in [-0.15, -0.1) is 0 Å². The Hall–Kier alpha value is -2.09. The van der Waals surface area contributed by atoms with Gasteiger partial charge in [-0.2, -0.15) is 8.42 Å². The van der Waals surface area contributed by atoms with Gasteiger partial charge in [-0.1, -0.05) is 30.3 Å². The average Bonchev–Trinajstić information content (AvgIpc) is 2.56. The van der Waals surface area contributed by atoms with Crippen LogP contribution in [0.15, 0.2) is 48.5 Å². The second-order valence-corrected chi connectivity index (χ2v) is 6.62. The van der Waals surface area contributed by atoms with E-state index in [1.54, 1.807) is 12.1 Å². The molecule has 25 heavy (non-hydrogen) atoms. The number of hydrogen-bond donors (Lipinski definition) is 2. The Kier molecular flexibility index (Phi) is 7.24. The van der Waals surface area contributed by atoms with Crippen LogP contribution in [0, 0.1) is 0 Å². The van der Waals surface area contributed by atoms with Crippen LogP contribution in [-0.4, -0.2) is 33.2 Å². The summed E-state index contributed by atoms with van der Waals surface area (Å²) in [6.45, 7) is 1.50. The van der Waals surface area contributed by atoms with E-state index in [0.717, 1.165) is 30.5 Å². The molecule has 0 unspecified atom stereocenters. The van der Waals surface area contributed by atoms with Gasteiger partial charge in [-0.05, 0) is 50.2 Å². The molecule has 2 rings (SSSR count). The van der Waals surface area contributed by atoms with Crippen molar-refractivity contribution in [3.63, 3.8) is 0 Å². The minimum Gasteiger partial charge on any atom is -0.493 e. The quantitative estimate of drug-likeness (QED) is 0.497. The van der Waals surface area contributed by atoms with Crippen molar-refractivity contribution in [3.05, 3.63) is 59.7 Å². The fourth-order valence-corrected chi connectivity index (χ4v) is 2.76. The predicted octanol–water partition coefficient (Wildman–Crippen LogP) is 2.84. The smallest absolute Gasteiger partial charge is 0.446 e. The van der Waals surface area contributed by atoms with Gasteiger partial charge in [0.05, 0.1) is 6.61 Å². The van der Waals surface area contributed by atoms with Crippen molar-refractivity contribution in [2.45, 2.75) is 19.3 Å². The van der Waals surface area contributed by atoms with Crippen molar-refractivity contribution in [1.82, 2.24) is 5.32 Å². The van der Waals surface area contributed by atoms with E-state index in [9.17, 15) is 8.42 Å². The maximum atomic E-state index is 10.9. The lowest BCUT2D eigenvalue weighted by atomic mass is 10.0. The van der Waals surface area contributed by atoms with Crippen molar-refractivity contribution in [2.75, 3.05) is 20.2 Å². The van der Waals surface area contributed by atoms with Crippen molar-refractivity contribution < 1.29 is 21.9 Å². The fraction of sp³-hybridized carbons (Fsp3) is 0.333. The Morgan fingerprint density at radius 1 is 1.08 bits per heavy atom. The Bertz CT molecular complexity index is 762. The first-order chi connectivity index (χ1) is 12.0. The molecule has 0 heterocycles. The molecule has 0 atom stereocenters. The molecule has 0 saturated carbocycles. The van der Waals surface area contributed by atoms with Crippen LogP contribution in [0.5, 0.6) is 11.5 Å². The molecule has 0 radical (unpaired) electrons. The summed E-state index contributed by atoms with van der Waals surface area (Å²) < 4.78 is 41.1. The summed E-state index contributed by atoms with van der Waals surface area (Å²) in [7, 11) is -2.65. The normalized spacial score (nSPS) is 11.3. The van der Waals surface area contributed by atoms with Crippen LogP contribution in [0.2, 0.25) is 0 Å². The van der Waals surface area contributed by atoms with Crippen LogP contribution in [0.1, 0.15) is 24.0 Å². The van der Waals surface area contributed by atoms with E-state index < -0.39 is 10.4 Å². The molecule has 0 amide bonds. The Morgan fingerprint density at radius 2 is 1.84 bits per heavy atom. The third kappa shape index (κ3) is 7.13. The van der Waals surface area contributed by atoms with Crippen molar-refractivity contribution in [3.8, 4) is 11.5 Å². The molecule has 0 fully saturated rings. The lowest BCUT2D eigenvalue weighted by Crippen LogP contribution is -2.10. The second-order valence-electron chi connectivity index (χ2n) is 5.60. The van der Waals surface area contributed by atoms with Gasteiger partial charge in [-0.3, -0.25) is 4.55 Å². The van der Waals surface area contributed by atoms with E-state index >= 15 is 0 Å². The average molecular weight is 365 g/mol.